The molecule has 0 aromatic heterocycles. The summed E-state index contributed by atoms with van der Waals surface area (Å²) in [5, 5.41) is 14.1. The van der Waals surface area contributed by atoms with Gasteiger partial charge in [-0.3, -0.25) is 10.1 Å². The van der Waals surface area contributed by atoms with E-state index in [1.807, 2.05) is 6.92 Å². The van der Waals surface area contributed by atoms with E-state index in [4.69, 9.17) is 11.5 Å². The third-order valence-corrected chi connectivity index (χ3v) is 3.23. The molecule has 6 heteroatoms. The molecule has 0 bridgehead atoms. The number of rotatable bonds is 3. The van der Waals surface area contributed by atoms with Crippen molar-refractivity contribution in [2.24, 2.45) is 0 Å². The average Bonchev–Trinajstić information content (AvgIpc) is 2.41. The van der Waals surface area contributed by atoms with Crippen molar-refractivity contribution in [3.63, 3.8) is 0 Å². The van der Waals surface area contributed by atoms with Gasteiger partial charge in [0.25, 0.3) is 5.69 Å². The topological polar surface area (TPSA) is 107 Å². The van der Waals surface area contributed by atoms with Crippen molar-refractivity contribution in [3.8, 4) is 0 Å². The number of hydrogen-bond donors (Lipinski definition) is 3. The van der Waals surface area contributed by atoms with Crippen LogP contribution in [0, 0.1) is 24.0 Å². The number of benzene rings is 2. The first kappa shape index (κ1) is 13.7. The van der Waals surface area contributed by atoms with Crippen molar-refractivity contribution in [2.45, 2.75) is 13.8 Å². The van der Waals surface area contributed by atoms with Gasteiger partial charge in [-0.2, -0.15) is 0 Å². The van der Waals surface area contributed by atoms with Gasteiger partial charge in [0.2, 0.25) is 0 Å². The fourth-order valence-electron chi connectivity index (χ4n) is 1.92. The molecule has 0 radical (unpaired) electrons. The standard InChI is InChI=1S/C14H16N4O2/c1-8-3-4-10(7-13(8)18(19)20)17-12-6-5-11(15)14(16)9(12)2/h3-7,17H,15-16H2,1-2H3. The Morgan fingerprint density at radius 2 is 1.85 bits per heavy atom. The third kappa shape index (κ3) is 2.49. The predicted octanol–water partition coefficient (Wildman–Crippen LogP) is 3.12. The van der Waals surface area contributed by atoms with Crippen LogP contribution in [0.3, 0.4) is 0 Å². The highest BCUT2D eigenvalue weighted by Crippen LogP contribution is 2.30. The lowest BCUT2D eigenvalue weighted by Crippen LogP contribution is -2.01. The van der Waals surface area contributed by atoms with Crippen LogP contribution in [0.4, 0.5) is 28.4 Å². The molecule has 0 heterocycles. The summed E-state index contributed by atoms with van der Waals surface area (Å²) < 4.78 is 0. The van der Waals surface area contributed by atoms with E-state index >= 15 is 0 Å². The highest BCUT2D eigenvalue weighted by Gasteiger charge is 2.12. The average molecular weight is 272 g/mol. The van der Waals surface area contributed by atoms with Gasteiger partial charge in [-0.05, 0) is 37.6 Å². The number of nitrogens with one attached hydrogen (secondary N) is 1. The zero-order chi connectivity index (χ0) is 14.9. The first-order valence-electron chi connectivity index (χ1n) is 6.06. The maximum Gasteiger partial charge on any atom is 0.274 e. The van der Waals surface area contributed by atoms with E-state index in [2.05, 4.69) is 5.32 Å². The highest BCUT2D eigenvalue weighted by atomic mass is 16.6. The Morgan fingerprint density at radius 1 is 1.15 bits per heavy atom. The quantitative estimate of drug-likeness (QED) is 0.452. The van der Waals surface area contributed by atoms with Crippen molar-refractivity contribution < 1.29 is 4.92 Å². The normalized spacial score (nSPS) is 10.3. The number of nitrogen functional groups attached to an aromatic ring is 2. The van der Waals surface area contributed by atoms with E-state index in [-0.39, 0.29) is 5.69 Å². The second-order valence-corrected chi connectivity index (χ2v) is 4.62. The molecular weight excluding hydrogens is 256 g/mol. The van der Waals surface area contributed by atoms with Gasteiger partial charge in [0.1, 0.15) is 0 Å². The number of nitro groups is 1. The number of nitro benzene ring substituents is 1. The van der Waals surface area contributed by atoms with Crippen molar-refractivity contribution in [3.05, 3.63) is 51.6 Å². The minimum absolute atomic E-state index is 0.0797. The molecule has 0 saturated carbocycles. The first-order chi connectivity index (χ1) is 9.40. The largest absolute Gasteiger partial charge is 0.397 e. The predicted molar refractivity (Wildman–Crippen MR) is 81.1 cm³/mol. The van der Waals surface area contributed by atoms with Crippen LogP contribution in [-0.4, -0.2) is 4.92 Å². The number of anilines is 4. The Balaban J connectivity index is 2.38. The molecule has 0 aliphatic rings. The molecule has 6 nitrogen and oxygen atoms in total. The van der Waals surface area contributed by atoms with Gasteiger partial charge in [-0.15, -0.1) is 0 Å². The number of aryl methyl sites for hydroxylation is 1. The van der Waals surface area contributed by atoms with Gasteiger partial charge in [0.05, 0.1) is 16.3 Å². The van der Waals surface area contributed by atoms with Crippen molar-refractivity contribution in [1.82, 2.24) is 0 Å². The monoisotopic (exact) mass is 272 g/mol. The molecule has 0 atom stereocenters. The molecule has 5 N–H and O–H groups in total. The molecule has 0 spiro atoms. The van der Waals surface area contributed by atoms with E-state index in [0.717, 1.165) is 11.3 Å². The van der Waals surface area contributed by atoms with E-state index in [0.29, 0.717) is 22.6 Å². The van der Waals surface area contributed by atoms with Crippen LogP contribution < -0.4 is 16.8 Å². The molecule has 2 aromatic rings. The van der Waals surface area contributed by atoms with Gasteiger partial charge in [-0.1, -0.05) is 6.07 Å². The van der Waals surface area contributed by atoms with E-state index in [1.165, 1.54) is 6.07 Å². The van der Waals surface area contributed by atoms with E-state index < -0.39 is 4.92 Å². The summed E-state index contributed by atoms with van der Waals surface area (Å²) in [5.41, 5.74) is 15.5. The summed E-state index contributed by atoms with van der Waals surface area (Å²) in [7, 11) is 0. The minimum Gasteiger partial charge on any atom is -0.397 e. The molecule has 0 amide bonds. The van der Waals surface area contributed by atoms with Gasteiger partial charge in [0, 0.05) is 23.0 Å². The van der Waals surface area contributed by atoms with Crippen molar-refractivity contribution in [2.75, 3.05) is 16.8 Å². The molecule has 0 saturated heterocycles. The van der Waals surface area contributed by atoms with Crippen molar-refractivity contribution in [1.29, 1.82) is 0 Å². The summed E-state index contributed by atoms with van der Waals surface area (Å²) in [4.78, 5) is 10.5. The summed E-state index contributed by atoms with van der Waals surface area (Å²) in [6.45, 7) is 3.55. The third-order valence-electron chi connectivity index (χ3n) is 3.23. The molecule has 20 heavy (non-hydrogen) atoms. The van der Waals surface area contributed by atoms with Gasteiger partial charge < -0.3 is 16.8 Å². The van der Waals surface area contributed by atoms with Crippen LogP contribution in [0.2, 0.25) is 0 Å². The van der Waals surface area contributed by atoms with Crippen molar-refractivity contribution >= 4 is 28.4 Å². The molecule has 104 valence electrons. The van der Waals surface area contributed by atoms with Crippen LogP contribution in [0.1, 0.15) is 11.1 Å². The molecule has 0 unspecified atom stereocenters. The molecule has 0 fully saturated rings. The second kappa shape index (κ2) is 5.08. The Kier molecular flexibility index (Phi) is 3.47. The summed E-state index contributed by atoms with van der Waals surface area (Å²) in [6, 6.07) is 8.49. The molecular formula is C14H16N4O2. The van der Waals surface area contributed by atoms with Gasteiger partial charge in [-0.25, -0.2) is 0 Å². The number of nitrogens with zero attached hydrogens (tertiary/aromatic N) is 1. The lowest BCUT2D eigenvalue weighted by Gasteiger charge is -2.13. The SMILES string of the molecule is Cc1ccc(Nc2ccc(N)c(N)c2C)cc1[N+](=O)[O-]. The molecule has 0 aliphatic carbocycles. The van der Waals surface area contributed by atoms with Gasteiger partial charge in [0.15, 0.2) is 0 Å². The molecule has 0 aliphatic heterocycles. The zero-order valence-corrected chi connectivity index (χ0v) is 11.3. The Labute approximate surface area is 116 Å². The molecule has 2 aromatic carbocycles. The van der Waals surface area contributed by atoms with Gasteiger partial charge >= 0.3 is 0 Å². The van der Waals surface area contributed by atoms with E-state index in [9.17, 15) is 10.1 Å². The van der Waals surface area contributed by atoms with Crippen LogP contribution in [0.25, 0.3) is 0 Å². The summed E-state index contributed by atoms with van der Waals surface area (Å²) in [6.07, 6.45) is 0. The maximum atomic E-state index is 10.9. The Morgan fingerprint density at radius 3 is 2.50 bits per heavy atom. The van der Waals surface area contributed by atoms with Crippen LogP contribution in [0.15, 0.2) is 30.3 Å². The Hall–Kier alpha value is -2.76. The lowest BCUT2D eigenvalue weighted by atomic mass is 10.1. The first-order valence-corrected chi connectivity index (χ1v) is 6.06. The maximum absolute atomic E-state index is 10.9. The summed E-state index contributed by atoms with van der Waals surface area (Å²) in [5.74, 6) is 0. The fraction of sp³-hybridized carbons (Fsp3) is 0.143. The summed E-state index contributed by atoms with van der Waals surface area (Å²) >= 11 is 0. The van der Waals surface area contributed by atoms with Crippen LogP contribution >= 0.6 is 0 Å². The smallest absolute Gasteiger partial charge is 0.274 e. The zero-order valence-electron chi connectivity index (χ0n) is 11.3. The second-order valence-electron chi connectivity index (χ2n) is 4.62. The van der Waals surface area contributed by atoms with E-state index in [1.54, 1.807) is 31.2 Å². The lowest BCUT2D eigenvalue weighted by molar-refractivity contribution is -0.385. The minimum atomic E-state index is -0.398. The van der Waals surface area contributed by atoms with Crippen LogP contribution in [-0.2, 0) is 0 Å². The van der Waals surface area contributed by atoms with Crippen LogP contribution in [0.5, 0.6) is 0 Å². The number of hydrogen-bond acceptors (Lipinski definition) is 5. The number of nitrogens with two attached hydrogens (primary N) is 2. The highest BCUT2D eigenvalue weighted by molar-refractivity contribution is 5.78. The fourth-order valence-corrected chi connectivity index (χ4v) is 1.92. The Bertz CT molecular complexity index is 683. The molecule has 2 rings (SSSR count).